The highest BCUT2D eigenvalue weighted by Gasteiger charge is 2.49. The molecule has 0 spiro atoms. The van der Waals surface area contributed by atoms with Crippen LogP contribution in [0.5, 0.6) is 5.75 Å². The van der Waals surface area contributed by atoms with Crippen molar-refractivity contribution in [2.24, 2.45) is 0 Å². The lowest BCUT2D eigenvalue weighted by atomic mass is 10.1. The fourth-order valence-corrected chi connectivity index (χ4v) is 4.40. The van der Waals surface area contributed by atoms with E-state index < -0.39 is 30.6 Å². The van der Waals surface area contributed by atoms with Crippen molar-refractivity contribution in [1.82, 2.24) is 15.0 Å². The first-order valence-corrected chi connectivity index (χ1v) is 10.3. The monoisotopic (exact) mass is 454 g/mol. The summed E-state index contributed by atoms with van der Waals surface area (Å²) in [6, 6.07) is 2.45. The molecule has 12 heteroatoms. The molecule has 3 fully saturated rings. The van der Waals surface area contributed by atoms with Gasteiger partial charge < -0.3 is 25.0 Å². The zero-order valence-corrected chi connectivity index (χ0v) is 17.2. The van der Waals surface area contributed by atoms with Gasteiger partial charge in [0.1, 0.15) is 17.6 Å². The maximum atomic E-state index is 14.5. The molecule has 0 aromatic carbocycles. The molecule has 3 saturated heterocycles. The molecule has 4 atom stereocenters. The number of hydrogen-bond donors (Lipinski definition) is 1. The maximum absolute atomic E-state index is 14.5. The van der Waals surface area contributed by atoms with Crippen molar-refractivity contribution < 1.29 is 27.0 Å². The number of halogens is 4. The summed E-state index contributed by atoms with van der Waals surface area (Å²) in [6.07, 6.45) is 0.0268. The van der Waals surface area contributed by atoms with Crippen LogP contribution in [0.25, 0.3) is 11.3 Å². The third-order valence-corrected chi connectivity index (χ3v) is 6.08. The second kappa shape index (κ2) is 7.61. The van der Waals surface area contributed by atoms with Crippen molar-refractivity contribution in [2.45, 2.75) is 43.9 Å². The number of morpholine rings is 1. The van der Waals surface area contributed by atoms with Gasteiger partial charge in [-0.05, 0) is 13.0 Å². The van der Waals surface area contributed by atoms with Crippen LogP contribution in [0.3, 0.4) is 0 Å². The normalized spacial score (nSPS) is 29.4. The number of nitrogens with zero attached hydrogens (tertiary/aromatic N) is 5. The molecule has 172 valence electrons. The minimum absolute atomic E-state index is 0.108. The molecular weight excluding hydrogens is 432 g/mol. The lowest BCUT2D eigenvalue weighted by Gasteiger charge is -2.29. The molecule has 0 radical (unpaired) electrons. The van der Waals surface area contributed by atoms with Crippen molar-refractivity contribution in [3.05, 3.63) is 18.3 Å². The lowest BCUT2D eigenvalue weighted by molar-refractivity contribution is -0.0494. The van der Waals surface area contributed by atoms with Crippen molar-refractivity contribution in [2.75, 3.05) is 41.8 Å². The van der Waals surface area contributed by atoms with Crippen molar-refractivity contribution in [3.8, 4) is 17.0 Å². The zero-order valence-electron chi connectivity index (χ0n) is 17.2. The second-order valence-electron chi connectivity index (χ2n) is 8.52. The molecule has 2 unspecified atom stereocenters. The van der Waals surface area contributed by atoms with Crippen LogP contribution < -0.4 is 20.3 Å². The van der Waals surface area contributed by atoms with Gasteiger partial charge in [-0.3, -0.25) is 0 Å². The minimum atomic E-state index is -3.07. The number of pyridine rings is 1. The van der Waals surface area contributed by atoms with Crippen LogP contribution in [-0.2, 0) is 4.74 Å². The number of hydrogen-bond acceptors (Lipinski definition) is 8. The summed E-state index contributed by atoms with van der Waals surface area (Å²) < 4.78 is 64.3. The van der Waals surface area contributed by atoms with Crippen molar-refractivity contribution in [1.29, 1.82) is 0 Å². The third kappa shape index (κ3) is 3.76. The number of anilines is 3. The number of fused-ring (bicyclic) bond motifs is 2. The lowest BCUT2D eigenvalue weighted by Crippen LogP contribution is -2.38. The van der Waals surface area contributed by atoms with Crippen LogP contribution in [-0.4, -0.2) is 71.8 Å². The summed E-state index contributed by atoms with van der Waals surface area (Å²) in [7, 11) is 0. The summed E-state index contributed by atoms with van der Waals surface area (Å²) in [6.45, 7) is -0.475. The van der Waals surface area contributed by atoms with Gasteiger partial charge >= 0.3 is 6.61 Å². The predicted molar refractivity (Wildman–Crippen MR) is 108 cm³/mol. The predicted octanol–water partition coefficient (Wildman–Crippen LogP) is 2.59. The number of rotatable bonds is 5. The molecule has 2 aromatic rings. The number of nitrogen functional groups attached to an aromatic ring is 1. The second-order valence-corrected chi connectivity index (χ2v) is 8.52. The Morgan fingerprint density at radius 1 is 1.31 bits per heavy atom. The van der Waals surface area contributed by atoms with Crippen molar-refractivity contribution in [3.63, 3.8) is 0 Å². The standard InChI is InChI=1S/C20H22F4N6O2/c1-20(24)2-3-29(9-20)19-27-11(10-4-13(32-18(22)23)17(25)26-6-10)5-15(28-19)30-7-14-16(21)12(30)8-31-14/h4-6,12,14,16,18H,2-3,7-9H2,1H3,(H2,25,26)/t12-,14-,16?,20?/m0/s1. The van der Waals surface area contributed by atoms with E-state index in [1.165, 1.54) is 19.2 Å². The fraction of sp³-hybridized carbons (Fsp3) is 0.550. The van der Waals surface area contributed by atoms with Gasteiger partial charge in [0.05, 0.1) is 24.9 Å². The van der Waals surface area contributed by atoms with E-state index in [0.717, 1.165) is 0 Å². The van der Waals surface area contributed by atoms with Crippen molar-refractivity contribution >= 4 is 17.6 Å². The quantitative estimate of drug-likeness (QED) is 0.690. The Labute approximate surface area is 181 Å². The molecular formula is C20H22F4N6O2. The van der Waals surface area contributed by atoms with E-state index in [1.807, 2.05) is 0 Å². The van der Waals surface area contributed by atoms with E-state index >= 15 is 0 Å². The molecule has 8 nitrogen and oxygen atoms in total. The Kier molecular flexibility index (Phi) is 4.99. The van der Waals surface area contributed by atoms with Gasteiger partial charge in [-0.25, -0.2) is 18.7 Å². The van der Waals surface area contributed by atoms with Gasteiger partial charge in [0.25, 0.3) is 0 Å². The van der Waals surface area contributed by atoms with Gasteiger partial charge in [0.2, 0.25) is 5.95 Å². The van der Waals surface area contributed by atoms with E-state index in [4.69, 9.17) is 10.5 Å². The Morgan fingerprint density at radius 3 is 2.75 bits per heavy atom. The van der Waals surface area contributed by atoms with E-state index in [9.17, 15) is 17.6 Å². The molecule has 2 bridgehead atoms. The number of alkyl halides is 4. The average molecular weight is 454 g/mol. The summed E-state index contributed by atoms with van der Waals surface area (Å²) in [5.41, 5.74) is 4.97. The van der Waals surface area contributed by atoms with Crippen LogP contribution >= 0.6 is 0 Å². The zero-order chi connectivity index (χ0) is 22.6. The summed E-state index contributed by atoms with van der Waals surface area (Å²) in [4.78, 5) is 16.6. The Bertz CT molecular complexity index is 1030. The number of aromatic nitrogens is 3. The topological polar surface area (TPSA) is 89.6 Å². The smallest absolute Gasteiger partial charge is 0.387 e. The number of nitrogens with two attached hydrogens (primary N) is 1. The Balaban J connectivity index is 1.56. The van der Waals surface area contributed by atoms with Gasteiger partial charge in [0, 0.05) is 37.3 Å². The first-order chi connectivity index (χ1) is 15.2. The van der Waals surface area contributed by atoms with Crippen LogP contribution in [0.4, 0.5) is 35.1 Å². The SMILES string of the molecule is CC1(F)CCN(c2nc(-c3cnc(N)c(OC(F)F)c3)cc(N3C[C@@H]4OC[C@H]3C4F)n2)C1. The Hall–Kier alpha value is -2.89. The Morgan fingerprint density at radius 2 is 2.12 bits per heavy atom. The highest BCUT2D eigenvalue weighted by molar-refractivity contribution is 5.68. The third-order valence-electron chi connectivity index (χ3n) is 6.08. The summed E-state index contributed by atoms with van der Waals surface area (Å²) in [5.74, 6) is 0.245. The van der Waals surface area contributed by atoms with Crippen LogP contribution in [0.2, 0.25) is 0 Å². The first kappa shape index (κ1) is 21.0. The van der Waals surface area contributed by atoms with Gasteiger partial charge in [-0.1, -0.05) is 0 Å². The van der Waals surface area contributed by atoms with E-state index in [1.54, 1.807) is 15.9 Å². The molecule has 3 aliphatic rings. The molecule has 0 aliphatic carbocycles. The highest BCUT2D eigenvalue weighted by Crippen LogP contribution is 2.37. The average Bonchev–Trinajstić information content (AvgIpc) is 3.40. The molecule has 5 heterocycles. The molecule has 3 aliphatic heterocycles. The van der Waals surface area contributed by atoms with E-state index in [2.05, 4.69) is 19.7 Å². The molecule has 2 aromatic heterocycles. The first-order valence-electron chi connectivity index (χ1n) is 10.3. The van der Waals surface area contributed by atoms with Crippen LogP contribution in [0, 0.1) is 0 Å². The summed E-state index contributed by atoms with van der Waals surface area (Å²) in [5, 5.41) is 0. The number of ether oxygens (including phenoxy) is 2. The summed E-state index contributed by atoms with van der Waals surface area (Å²) >= 11 is 0. The molecule has 0 amide bonds. The largest absolute Gasteiger partial charge is 0.431 e. The molecule has 5 rings (SSSR count). The molecule has 2 N–H and O–H groups in total. The van der Waals surface area contributed by atoms with Crippen LogP contribution in [0.1, 0.15) is 13.3 Å². The van der Waals surface area contributed by atoms with Gasteiger partial charge in [0.15, 0.2) is 17.7 Å². The van der Waals surface area contributed by atoms with E-state index in [0.29, 0.717) is 36.6 Å². The minimum Gasteiger partial charge on any atom is -0.431 e. The van der Waals surface area contributed by atoms with Gasteiger partial charge in [-0.15, -0.1) is 0 Å². The fourth-order valence-electron chi connectivity index (χ4n) is 4.40. The van der Waals surface area contributed by atoms with E-state index in [-0.39, 0.29) is 30.7 Å². The molecule has 0 saturated carbocycles. The van der Waals surface area contributed by atoms with Gasteiger partial charge in [-0.2, -0.15) is 13.8 Å². The molecule has 32 heavy (non-hydrogen) atoms. The maximum Gasteiger partial charge on any atom is 0.387 e. The highest BCUT2D eigenvalue weighted by atomic mass is 19.3. The van der Waals surface area contributed by atoms with Crippen LogP contribution in [0.15, 0.2) is 18.3 Å².